The molecule has 1 rings (SSSR count). The Morgan fingerprint density at radius 2 is 1.86 bits per heavy atom. The molecule has 0 bridgehead atoms. The van der Waals surface area contributed by atoms with Gasteiger partial charge in [0.25, 0.3) is 0 Å². The number of nitrogens with two attached hydrogens (primary N) is 1. The minimum absolute atomic E-state index is 0.0204. The molecule has 4 nitrogen and oxygen atoms in total. The van der Waals surface area contributed by atoms with Crippen LogP contribution in [0.1, 0.15) is 26.3 Å². The molecule has 118 valence electrons. The summed E-state index contributed by atoms with van der Waals surface area (Å²) in [5, 5.41) is 2.62. The van der Waals surface area contributed by atoms with E-state index < -0.39 is 34.0 Å². The number of carbonyl (C=O) groups is 1. The van der Waals surface area contributed by atoms with Gasteiger partial charge in [-0.2, -0.15) is 13.2 Å². The minimum atomic E-state index is -4.52. The van der Waals surface area contributed by atoms with Gasteiger partial charge in [-0.05, 0) is 39.0 Å². The molecule has 0 fully saturated rings. The maximum atomic E-state index is 12.5. The molecule has 1 amide bonds. The van der Waals surface area contributed by atoms with E-state index in [1.807, 2.05) is 0 Å². The van der Waals surface area contributed by atoms with E-state index in [-0.39, 0.29) is 16.3 Å². The highest BCUT2D eigenvalue weighted by molar-refractivity contribution is 7.86. The number of rotatable bonds is 3. The third-order valence-electron chi connectivity index (χ3n) is 2.36. The van der Waals surface area contributed by atoms with Gasteiger partial charge in [0.05, 0.1) is 21.3 Å². The van der Waals surface area contributed by atoms with E-state index in [2.05, 4.69) is 5.32 Å². The molecule has 1 atom stereocenters. The van der Waals surface area contributed by atoms with Crippen molar-refractivity contribution in [2.45, 2.75) is 37.4 Å². The van der Waals surface area contributed by atoms with Crippen LogP contribution in [0.4, 0.5) is 18.9 Å². The van der Waals surface area contributed by atoms with Crippen LogP contribution in [0.15, 0.2) is 23.1 Å². The number of amides is 1. The first-order valence-corrected chi connectivity index (χ1v) is 7.38. The molecular weight excluding hydrogens is 305 g/mol. The summed E-state index contributed by atoms with van der Waals surface area (Å²) in [6, 6.07) is 2.55. The van der Waals surface area contributed by atoms with Crippen molar-refractivity contribution in [2.75, 3.05) is 11.5 Å². The molecule has 1 unspecified atom stereocenters. The Hall–Kier alpha value is -1.57. The Kier molecular flexibility index (Phi) is 5.03. The van der Waals surface area contributed by atoms with Crippen LogP contribution in [-0.4, -0.2) is 21.4 Å². The van der Waals surface area contributed by atoms with Gasteiger partial charge in [0.15, 0.2) is 0 Å². The Labute approximate surface area is 123 Å². The van der Waals surface area contributed by atoms with Gasteiger partial charge in [0.2, 0.25) is 5.91 Å². The summed E-state index contributed by atoms with van der Waals surface area (Å²) in [5.41, 5.74) is 3.86. The summed E-state index contributed by atoms with van der Waals surface area (Å²) in [4.78, 5) is 11.7. The molecule has 8 heteroatoms. The lowest BCUT2D eigenvalue weighted by Crippen LogP contribution is -2.42. The summed E-state index contributed by atoms with van der Waals surface area (Å²) in [7, 11) is -1.80. The zero-order valence-electron chi connectivity index (χ0n) is 11.9. The Morgan fingerprint density at radius 3 is 2.29 bits per heavy atom. The summed E-state index contributed by atoms with van der Waals surface area (Å²) in [6.45, 7) is 5.29. The highest BCUT2D eigenvalue weighted by Crippen LogP contribution is 2.32. The fraction of sp³-hybridized carbons (Fsp3) is 0.462. The number of hydrogen-bond donors (Lipinski definition) is 2. The zero-order valence-corrected chi connectivity index (χ0v) is 12.7. The second-order valence-electron chi connectivity index (χ2n) is 5.54. The van der Waals surface area contributed by atoms with Crippen LogP contribution in [0.3, 0.4) is 0 Å². The highest BCUT2D eigenvalue weighted by Gasteiger charge is 2.31. The standard InChI is InChI=1S/C13H17F3N2O2S/c1-12(2,3)18-11(19)7-21(20)10-5-4-8(6-9(10)17)13(14,15)16/h4-6H,7,17H2,1-3H3,(H,18,19). The fourth-order valence-corrected chi connectivity index (χ4v) is 2.59. The fourth-order valence-electron chi connectivity index (χ4n) is 1.58. The van der Waals surface area contributed by atoms with Crippen LogP contribution in [-0.2, 0) is 21.8 Å². The van der Waals surface area contributed by atoms with Crippen molar-refractivity contribution < 1.29 is 22.2 Å². The van der Waals surface area contributed by atoms with Crippen LogP contribution in [0.25, 0.3) is 0 Å². The van der Waals surface area contributed by atoms with Gasteiger partial charge < -0.3 is 11.1 Å². The maximum Gasteiger partial charge on any atom is 0.416 e. The van der Waals surface area contributed by atoms with Crippen LogP contribution >= 0.6 is 0 Å². The van der Waals surface area contributed by atoms with E-state index in [0.29, 0.717) is 0 Å². The lowest BCUT2D eigenvalue weighted by atomic mass is 10.1. The maximum absolute atomic E-state index is 12.5. The third-order valence-corrected chi connectivity index (χ3v) is 3.75. The van der Waals surface area contributed by atoms with Crippen LogP contribution in [0.5, 0.6) is 0 Å². The van der Waals surface area contributed by atoms with Crippen molar-refractivity contribution in [2.24, 2.45) is 0 Å². The van der Waals surface area contributed by atoms with E-state index >= 15 is 0 Å². The van der Waals surface area contributed by atoms with E-state index in [9.17, 15) is 22.2 Å². The van der Waals surface area contributed by atoms with Crippen molar-refractivity contribution >= 4 is 22.4 Å². The van der Waals surface area contributed by atoms with Crippen molar-refractivity contribution in [1.82, 2.24) is 5.32 Å². The number of nitrogen functional groups attached to an aromatic ring is 1. The van der Waals surface area contributed by atoms with E-state index in [1.54, 1.807) is 20.8 Å². The summed E-state index contributed by atoms with van der Waals surface area (Å²) < 4.78 is 49.5. The van der Waals surface area contributed by atoms with E-state index in [1.165, 1.54) is 0 Å². The van der Waals surface area contributed by atoms with Gasteiger partial charge in [0, 0.05) is 11.2 Å². The molecule has 0 spiro atoms. The second-order valence-corrected chi connectivity index (χ2v) is 6.96. The molecule has 0 heterocycles. The number of carbonyl (C=O) groups excluding carboxylic acids is 1. The molecule has 0 radical (unpaired) electrons. The largest absolute Gasteiger partial charge is 0.416 e. The Bertz CT molecular complexity index is 566. The van der Waals surface area contributed by atoms with Gasteiger partial charge in [-0.15, -0.1) is 0 Å². The average molecular weight is 322 g/mol. The molecule has 1 aromatic carbocycles. The van der Waals surface area contributed by atoms with Crippen LogP contribution in [0.2, 0.25) is 0 Å². The van der Waals surface area contributed by atoms with Gasteiger partial charge in [-0.3, -0.25) is 9.00 Å². The highest BCUT2D eigenvalue weighted by atomic mass is 32.2. The first kappa shape index (κ1) is 17.5. The summed E-state index contributed by atoms with van der Waals surface area (Å²) >= 11 is 0. The smallest absolute Gasteiger partial charge is 0.398 e. The average Bonchev–Trinajstić information content (AvgIpc) is 2.24. The summed E-state index contributed by atoms with van der Waals surface area (Å²) in [6.07, 6.45) is -4.52. The lowest BCUT2D eigenvalue weighted by molar-refractivity contribution is -0.137. The zero-order chi connectivity index (χ0) is 16.4. The molecule has 0 aliphatic heterocycles. The first-order chi connectivity index (χ1) is 9.40. The molecule has 0 saturated heterocycles. The lowest BCUT2D eigenvalue weighted by Gasteiger charge is -2.20. The van der Waals surface area contributed by atoms with Gasteiger partial charge >= 0.3 is 6.18 Å². The molecular formula is C13H17F3N2O2S. The molecule has 0 saturated carbocycles. The van der Waals surface area contributed by atoms with Crippen LogP contribution in [0, 0.1) is 0 Å². The monoisotopic (exact) mass is 322 g/mol. The second kappa shape index (κ2) is 6.05. The number of benzene rings is 1. The number of anilines is 1. The Balaban J connectivity index is 2.87. The number of halogens is 3. The van der Waals surface area contributed by atoms with E-state index in [4.69, 9.17) is 5.73 Å². The van der Waals surface area contributed by atoms with Gasteiger partial charge in [0.1, 0.15) is 5.75 Å². The number of alkyl halides is 3. The molecule has 3 N–H and O–H groups in total. The van der Waals surface area contributed by atoms with Crippen molar-refractivity contribution in [3.8, 4) is 0 Å². The van der Waals surface area contributed by atoms with E-state index in [0.717, 1.165) is 18.2 Å². The van der Waals surface area contributed by atoms with Gasteiger partial charge in [-0.1, -0.05) is 0 Å². The number of hydrogen-bond acceptors (Lipinski definition) is 3. The molecule has 0 aliphatic rings. The minimum Gasteiger partial charge on any atom is -0.398 e. The van der Waals surface area contributed by atoms with Crippen molar-refractivity contribution in [3.05, 3.63) is 23.8 Å². The molecule has 0 aliphatic carbocycles. The first-order valence-electron chi connectivity index (χ1n) is 6.06. The predicted molar refractivity (Wildman–Crippen MR) is 75.0 cm³/mol. The normalized spacial score (nSPS) is 13.8. The van der Waals surface area contributed by atoms with Crippen LogP contribution < -0.4 is 11.1 Å². The molecule has 21 heavy (non-hydrogen) atoms. The SMILES string of the molecule is CC(C)(C)NC(=O)CS(=O)c1ccc(C(F)(F)F)cc1N. The Morgan fingerprint density at radius 1 is 1.29 bits per heavy atom. The quantitative estimate of drug-likeness (QED) is 0.839. The topological polar surface area (TPSA) is 72.2 Å². The number of nitrogens with one attached hydrogen (secondary N) is 1. The predicted octanol–water partition coefficient (Wildman–Crippen LogP) is 2.31. The molecule has 0 aromatic heterocycles. The van der Waals surface area contributed by atoms with Crippen molar-refractivity contribution in [1.29, 1.82) is 0 Å². The molecule has 1 aromatic rings. The summed E-state index contributed by atoms with van der Waals surface area (Å²) in [5.74, 6) is -0.813. The van der Waals surface area contributed by atoms with Crippen molar-refractivity contribution in [3.63, 3.8) is 0 Å². The third kappa shape index (κ3) is 5.37. The van der Waals surface area contributed by atoms with Gasteiger partial charge in [-0.25, -0.2) is 0 Å².